The summed E-state index contributed by atoms with van der Waals surface area (Å²) in [6, 6.07) is 15.3. The Morgan fingerprint density at radius 1 is 1.07 bits per heavy atom. The summed E-state index contributed by atoms with van der Waals surface area (Å²) in [5, 5.41) is 6.30. The van der Waals surface area contributed by atoms with Crippen molar-refractivity contribution in [1.82, 2.24) is 9.97 Å². The largest absolute Gasteiger partial charge is 0.381 e. The molecule has 0 aliphatic carbocycles. The minimum Gasteiger partial charge on any atom is -0.381 e. The van der Waals surface area contributed by atoms with Crippen molar-refractivity contribution >= 4 is 23.0 Å². The van der Waals surface area contributed by atoms with Crippen molar-refractivity contribution < 1.29 is 9.53 Å². The predicted molar refractivity (Wildman–Crippen MR) is 113 cm³/mol. The zero-order valence-corrected chi connectivity index (χ0v) is 16.0. The maximum atomic E-state index is 12.8. The topological polar surface area (TPSA) is 79.4 Å². The van der Waals surface area contributed by atoms with Gasteiger partial charge in [-0.25, -0.2) is 0 Å². The van der Waals surface area contributed by atoms with Crippen molar-refractivity contribution in [3.63, 3.8) is 0 Å². The number of hydrogen-bond acceptors (Lipinski definition) is 6. The van der Waals surface area contributed by atoms with E-state index < -0.39 is 0 Å². The quantitative estimate of drug-likeness (QED) is 0.674. The Hall–Kier alpha value is -3.45. The first-order valence-corrected chi connectivity index (χ1v) is 9.61. The Balaban J connectivity index is 1.45. The smallest absolute Gasteiger partial charge is 0.274 e. The first-order chi connectivity index (χ1) is 14.3. The van der Waals surface area contributed by atoms with Crippen LogP contribution in [-0.2, 0) is 11.3 Å². The number of carbonyl (C=O) groups excluding carboxylic acids is 1. The number of pyridine rings is 2. The van der Waals surface area contributed by atoms with E-state index in [0.29, 0.717) is 25.5 Å². The lowest BCUT2D eigenvalue weighted by Crippen LogP contribution is -2.36. The summed E-state index contributed by atoms with van der Waals surface area (Å²) in [6.45, 7) is 3.61. The number of benzene rings is 1. The SMILES string of the molecule is O=C(Nc1ccccc1N1CCOCC1)c1cc(NCc2cccnc2)ccn1. The molecule has 29 heavy (non-hydrogen) atoms. The van der Waals surface area contributed by atoms with E-state index >= 15 is 0 Å². The standard InChI is InChI=1S/C22H23N5O2/c28-22(26-19-5-1-2-6-21(19)27-10-12-29-13-11-27)20-14-18(7-9-24-20)25-16-17-4-3-8-23-15-17/h1-9,14-15H,10-13,16H2,(H,24,25)(H,26,28). The van der Waals surface area contributed by atoms with Crippen LogP contribution in [0.2, 0.25) is 0 Å². The number of nitrogens with one attached hydrogen (secondary N) is 2. The van der Waals surface area contributed by atoms with Crippen molar-refractivity contribution in [2.24, 2.45) is 0 Å². The van der Waals surface area contributed by atoms with E-state index in [1.54, 1.807) is 18.5 Å². The fourth-order valence-corrected chi connectivity index (χ4v) is 3.22. The number of para-hydroxylation sites is 2. The maximum absolute atomic E-state index is 12.8. The van der Waals surface area contributed by atoms with E-state index in [2.05, 4.69) is 25.5 Å². The Morgan fingerprint density at radius 3 is 2.76 bits per heavy atom. The monoisotopic (exact) mass is 389 g/mol. The van der Waals surface area contributed by atoms with E-state index in [4.69, 9.17) is 4.74 Å². The molecule has 0 unspecified atom stereocenters. The third kappa shape index (κ3) is 4.89. The molecule has 0 spiro atoms. The molecule has 2 aromatic heterocycles. The summed E-state index contributed by atoms with van der Waals surface area (Å²) < 4.78 is 5.43. The molecule has 2 N–H and O–H groups in total. The summed E-state index contributed by atoms with van der Waals surface area (Å²) >= 11 is 0. The molecule has 1 aliphatic rings. The normalized spacial score (nSPS) is 13.7. The molecule has 148 valence electrons. The molecule has 3 aromatic rings. The molecule has 1 aliphatic heterocycles. The van der Waals surface area contributed by atoms with Gasteiger partial charge in [0, 0.05) is 43.9 Å². The van der Waals surface area contributed by atoms with Gasteiger partial charge in [0.1, 0.15) is 5.69 Å². The van der Waals surface area contributed by atoms with Crippen LogP contribution in [0, 0.1) is 0 Å². The number of carbonyl (C=O) groups is 1. The van der Waals surface area contributed by atoms with Crippen LogP contribution in [0.15, 0.2) is 67.1 Å². The van der Waals surface area contributed by atoms with Crippen LogP contribution in [0.3, 0.4) is 0 Å². The van der Waals surface area contributed by atoms with E-state index in [1.807, 2.05) is 48.7 Å². The van der Waals surface area contributed by atoms with E-state index in [-0.39, 0.29) is 5.91 Å². The predicted octanol–water partition coefficient (Wildman–Crippen LogP) is 3.18. The van der Waals surface area contributed by atoms with Crippen LogP contribution < -0.4 is 15.5 Å². The van der Waals surface area contributed by atoms with Gasteiger partial charge in [-0.05, 0) is 35.9 Å². The van der Waals surface area contributed by atoms with Crippen LogP contribution in [0.5, 0.6) is 0 Å². The van der Waals surface area contributed by atoms with Gasteiger partial charge < -0.3 is 20.3 Å². The molecule has 3 heterocycles. The fraction of sp³-hybridized carbons (Fsp3) is 0.227. The van der Waals surface area contributed by atoms with Crippen LogP contribution in [0.25, 0.3) is 0 Å². The Morgan fingerprint density at radius 2 is 1.93 bits per heavy atom. The summed E-state index contributed by atoms with van der Waals surface area (Å²) in [4.78, 5) is 23.4. The average Bonchev–Trinajstić information content (AvgIpc) is 2.79. The summed E-state index contributed by atoms with van der Waals surface area (Å²) in [7, 11) is 0. The molecule has 1 fully saturated rings. The van der Waals surface area contributed by atoms with Crippen LogP contribution in [-0.4, -0.2) is 42.2 Å². The second kappa shape index (κ2) is 9.16. The van der Waals surface area contributed by atoms with Gasteiger partial charge in [-0.2, -0.15) is 0 Å². The van der Waals surface area contributed by atoms with Crippen LogP contribution >= 0.6 is 0 Å². The van der Waals surface area contributed by atoms with Gasteiger partial charge in [0.15, 0.2) is 0 Å². The molecule has 1 aromatic carbocycles. The van der Waals surface area contributed by atoms with Crippen molar-refractivity contribution in [1.29, 1.82) is 0 Å². The van der Waals surface area contributed by atoms with E-state index in [9.17, 15) is 4.79 Å². The van der Waals surface area contributed by atoms with Gasteiger partial charge in [-0.3, -0.25) is 14.8 Å². The third-order valence-corrected chi connectivity index (χ3v) is 4.72. The van der Waals surface area contributed by atoms with Gasteiger partial charge in [0.25, 0.3) is 5.91 Å². The lowest BCUT2D eigenvalue weighted by atomic mass is 10.2. The minimum absolute atomic E-state index is 0.240. The summed E-state index contributed by atoms with van der Waals surface area (Å²) in [5.41, 5.74) is 4.02. The van der Waals surface area contributed by atoms with Crippen LogP contribution in [0.4, 0.5) is 17.1 Å². The summed E-state index contributed by atoms with van der Waals surface area (Å²) in [6.07, 6.45) is 5.19. The Kier molecular flexibility index (Phi) is 5.97. The highest BCUT2D eigenvalue weighted by Gasteiger charge is 2.17. The molecule has 7 heteroatoms. The lowest BCUT2D eigenvalue weighted by Gasteiger charge is -2.30. The molecule has 7 nitrogen and oxygen atoms in total. The second-order valence-corrected chi connectivity index (χ2v) is 6.72. The first kappa shape index (κ1) is 18.9. The van der Waals surface area contributed by atoms with Crippen molar-refractivity contribution in [2.75, 3.05) is 41.8 Å². The fourth-order valence-electron chi connectivity index (χ4n) is 3.22. The molecule has 1 saturated heterocycles. The number of rotatable bonds is 6. The molecule has 0 atom stereocenters. The highest BCUT2D eigenvalue weighted by molar-refractivity contribution is 6.05. The maximum Gasteiger partial charge on any atom is 0.274 e. The number of hydrogen-bond donors (Lipinski definition) is 2. The minimum atomic E-state index is -0.240. The third-order valence-electron chi connectivity index (χ3n) is 4.72. The number of ether oxygens (including phenoxy) is 1. The first-order valence-electron chi connectivity index (χ1n) is 9.61. The zero-order valence-electron chi connectivity index (χ0n) is 16.0. The van der Waals surface area contributed by atoms with Gasteiger partial charge in [0.2, 0.25) is 0 Å². The molecule has 0 radical (unpaired) electrons. The van der Waals surface area contributed by atoms with Crippen LogP contribution in [0.1, 0.15) is 16.1 Å². The number of morpholine rings is 1. The molecular formula is C22H23N5O2. The zero-order chi connectivity index (χ0) is 19.9. The van der Waals surface area contributed by atoms with Gasteiger partial charge >= 0.3 is 0 Å². The van der Waals surface area contributed by atoms with Gasteiger partial charge in [-0.15, -0.1) is 0 Å². The van der Waals surface area contributed by atoms with Crippen molar-refractivity contribution in [3.05, 3.63) is 78.4 Å². The Labute approximate surface area is 169 Å². The van der Waals surface area contributed by atoms with Crippen molar-refractivity contribution in [3.8, 4) is 0 Å². The highest BCUT2D eigenvalue weighted by Crippen LogP contribution is 2.26. The van der Waals surface area contributed by atoms with Crippen molar-refractivity contribution in [2.45, 2.75) is 6.54 Å². The second-order valence-electron chi connectivity index (χ2n) is 6.72. The highest BCUT2D eigenvalue weighted by atomic mass is 16.5. The molecule has 4 rings (SSSR count). The molecule has 0 bridgehead atoms. The number of aromatic nitrogens is 2. The lowest BCUT2D eigenvalue weighted by molar-refractivity contribution is 0.102. The number of nitrogens with zero attached hydrogens (tertiary/aromatic N) is 3. The van der Waals surface area contributed by atoms with Gasteiger partial charge in [-0.1, -0.05) is 18.2 Å². The summed E-state index contributed by atoms with van der Waals surface area (Å²) in [5.74, 6) is -0.240. The van der Waals surface area contributed by atoms with Gasteiger partial charge in [0.05, 0.1) is 24.6 Å². The van der Waals surface area contributed by atoms with E-state index in [1.165, 1.54) is 0 Å². The van der Waals surface area contributed by atoms with E-state index in [0.717, 1.165) is 35.7 Å². The number of amides is 1. The molecule has 1 amide bonds. The molecule has 0 saturated carbocycles. The molecular weight excluding hydrogens is 366 g/mol. The average molecular weight is 389 g/mol. The Bertz CT molecular complexity index is 958. The number of anilines is 3.